The minimum atomic E-state index is 0.754. The summed E-state index contributed by atoms with van der Waals surface area (Å²) in [7, 11) is 0. The van der Waals surface area contributed by atoms with Crippen molar-refractivity contribution in [2.75, 3.05) is 0 Å². The standard InChI is InChI=1S/C16H17N3S/c1-3-12-19-14(2)13-20-16(19)18-17-11-7-10-15-8-5-4-6-9-15/h3-11,13H,1,12H2,2H3/b10-7+,17-11+,18-16-. The molecular weight excluding hydrogens is 266 g/mol. The minimum Gasteiger partial charge on any atom is -0.316 e. The van der Waals surface area contributed by atoms with Crippen molar-refractivity contribution in [3.05, 3.63) is 70.5 Å². The summed E-state index contributed by atoms with van der Waals surface area (Å²) < 4.78 is 2.08. The third-order valence-electron chi connectivity index (χ3n) is 2.69. The van der Waals surface area contributed by atoms with Crippen molar-refractivity contribution < 1.29 is 0 Å². The Kier molecular flexibility index (Phi) is 5.26. The number of benzene rings is 1. The van der Waals surface area contributed by atoms with Gasteiger partial charge in [0.2, 0.25) is 4.80 Å². The van der Waals surface area contributed by atoms with Crippen LogP contribution in [-0.4, -0.2) is 10.8 Å². The summed E-state index contributed by atoms with van der Waals surface area (Å²) >= 11 is 1.58. The van der Waals surface area contributed by atoms with Crippen LogP contribution in [-0.2, 0) is 6.54 Å². The summed E-state index contributed by atoms with van der Waals surface area (Å²) in [6, 6.07) is 10.1. The van der Waals surface area contributed by atoms with Gasteiger partial charge in [0.05, 0.1) is 0 Å². The zero-order valence-corrected chi connectivity index (χ0v) is 12.3. The highest BCUT2D eigenvalue weighted by molar-refractivity contribution is 7.07. The molecular formula is C16H17N3S. The van der Waals surface area contributed by atoms with Crippen LogP contribution in [0.3, 0.4) is 0 Å². The van der Waals surface area contributed by atoms with Crippen LogP contribution in [0.2, 0.25) is 0 Å². The molecule has 2 aromatic rings. The first-order chi connectivity index (χ1) is 9.81. The van der Waals surface area contributed by atoms with Crippen LogP contribution in [0.15, 0.2) is 64.6 Å². The Morgan fingerprint density at radius 2 is 2.10 bits per heavy atom. The normalized spacial score (nSPS) is 12.6. The first kappa shape index (κ1) is 14.2. The van der Waals surface area contributed by atoms with Crippen LogP contribution >= 0.6 is 11.3 Å². The Balaban J connectivity index is 2.07. The van der Waals surface area contributed by atoms with Crippen LogP contribution in [0.1, 0.15) is 11.3 Å². The van der Waals surface area contributed by atoms with Gasteiger partial charge in [-0.3, -0.25) is 0 Å². The number of nitrogens with zero attached hydrogens (tertiary/aromatic N) is 3. The minimum absolute atomic E-state index is 0.754. The van der Waals surface area contributed by atoms with Gasteiger partial charge < -0.3 is 4.57 Å². The van der Waals surface area contributed by atoms with Gasteiger partial charge in [-0.1, -0.05) is 42.5 Å². The van der Waals surface area contributed by atoms with Gasteiger partial charge in [-0.25, -0.2) is 0 Å². The lowest BCUT2D eigenvalue weighted by atomic mass is 10.2. The maximum absolute atomic E-state index is 4.23. The highest BCUT2D eigenvalue weighted by Crippen LogP contribution is 2.01. The molecule has 0 radical (unpaired) electrons. The molecule has 0 fully saturated rings. The van der Waals surface area contributed by atoms with Gasteiger partial charge in [0.15, 0.2) is 0 Å². The molecule has 20 heavy (non-hydrogen) atoms. The molecule has 1 aromatic heterocycles. The maximum Gasteiger partial charge on any atom is 0.211 e. The van der Waals surface area contributed by atoms with Gasteiger partial charge in [0.25, 0.3) is 0 Å². The van der Waals surface area contributed by atoms with E-state index in [0.29, 0.717) is 0 Å². The third kappa shape index (κ3) is 3.90. The molecule has 0 bridgehead atoms. The van der Waals surface area contributed by atoms with E-state index in [-0.39, 0.29) is 0 Å². The molecule has 0 saturated heterocycles. The molecule has 1 heterocycles. The molecule has 0 spiro atoms. The molecule has 0 atom stereocenters. The molecule has 3 nitrogen and oxygen atoms in total. The van der Waals surface area contributed by atoms with Gasteiger partial charge in [-0.05, 0) is 18.6 Å². The monoisotopic (exact) mass is 283 g/mol. The van der Waals surface area contributed by atoms with E-state index in [1.165, 1.54) is 5.69 Å². The van der Waals surface area contributed by atoms with Crippen molar-refractivity contribution in [3.63, 3.8) is 0 Å². The van der Waals surface area contributed by atoms with E-state index in [2.05, 4.69) is 33.7 Å². The lowest BCUT2D eigenvalue weighted by Gasteiger charge is -1.98. The molecule has 102 valence electrons. The second kappa shape index (κ2) is 7.40. The summed E-state index contributed by atoms with van der Waals surface area (Å²) in [6.07, 6.45) is 7.44. The zero-order valence-electron chi connectivity index (χ0n) is 11.4. The second-order valence-electron chi connectivity index (χ2n) is 4.19. The lowest BCUT2D eigenvalue weighted by molar-refractivity contribution is 0.752. The number of thiazole rings is 1. The molecule has 0 saturated carbocycles. The van der Waals surface area contributed by atoms with Crippen LogP contribution in [0, 0.1) is 6.92 Å². The SMILES string of the molecule is C=CCn1c(C)cs\c1=N/N=C/C=C/c1ccccc1. The number of aryl methyl sites for hydroxylation is 1. The van der Waals surface area contributed by atoms with Gasteiger partial charge in [-0.2, -0.15) is 5.10 Å². The summed E-state index contributed by atoms with van der Waals surface area (Å²) in [5.41, 5.74) is 2.32. The summed E-state index contributed by atoms with van der Waals surface area (Å²) in [5, 5.41) is 10.4. The smallest absolute Gasteiger partial charge is 0.211 e. The summed E-state index contributed by atoms with van der Waals surface area (Å²) in [4.78, 5) is 0.881. The topological polar surface area (TPSA) is 29.6 Å². The zero-order chi connectivity index (χ0) is 14.2. The number of allylic oxidation sites excluding steroid dienone is 2. The van der Waals surface area contributed by atoms with E-state index in [4.69, 9.17) is 0 Å². The van der Waals surface area contributed by atoms with Gasteiger partial charge in [0, 0.05) is 23.8 Å². The van der Waals surface area contributed by atoms with Gasteiger partial charge in [-0.15, -0.1) is 23.0 Å². The van der Waals surface area contributed by atoms with Crippen molar-refractivity contribution in [2.24, 2.45) is 10.2 Å². The Labute approximate surface area is 122 Å². The largest absolute Gasteiger partial charge is 0.316 e. The Hall–Kier alpha value is -2.20. The number of aromatic nitrogens is 1. The van der Waals surface area contributed by atoms with Gasteiger partial charge in [0.1, 0.15) is 0 Å². The van der Waals surface area contributed by atoms with Crippen molar-refractivity contribution in [1.29, 1.82) is 0 Å². The quantitative estimate of drug-likeness (QED) is 0.455. The predicted octanol–water partition coefficient (Wildman–Crippen LogP) is 3.64. The number of rotatable bonds is 5. The first-order valence-corrected chi connectivity index (χ1v) is 7.24. The lowest BCUT2D eigenvalue weighted by Crippen LogP contribution is -2.14. The van der Waals surface area contributed by atoms with E-state index in [0.717, 1.165) is 16.9 Å². The molecule has 0 aliphatic heterocycles. The third-order valence-corrected chi connectivity index (χ3v) is 3.66. The number of hydrogen-bond acceptors (Lipinski definition) is 3. The molecule has 4 heteroatoms. The van der Waals surface area contributed by atoms with Crippen LogP contribution < -0.4 is 4.80 Å². The molecule has 0 amide bonds. The van der Waals surface area contributed by atoms with E-state index >= 15 is 0 Å². The summed E-state index contributed by atoms with van der Waals surface area (Å²) in [6.45, 7) is 6.56. The van der Waals surface area contributed by atoms with Crippen LogP contribution in [0.5, 0.6) is 0 Å². The Morgan fingerprint density at radius 3 is 2.85 bits per heavy atom. The molecule has 0 aliphatic carbocycles. The summed E-state index contributed by atoms with van der Waals surface area (Å²) in [5.74, 6) is 0. The Morgan fingerprint density at radius 1 is 1.30 bits per heavy atom. The highest BCUT2D eigenvalue weighted by atomic mass is 32.1. The van der Waals surface area contributed by atoms with E-state index in [1.807, 2.05) is 48.6 Å². The average Bonchev–Trinajstić information content (AvgIpc) is 2.81. The molecule has 0 aliphatic rings. The number of hydrogen-bond donors (Lipinski definition) is 0. The van der Waals surface area contributed by atoms with Crippen LogP contribution in [0.4, 0.5) is 0 Å². The maximum atomic E-state index is 4.23. The molecule has 2 rings (SSSR count). The van der Waals surface area contributed by atoms with E-state index in [9.17, 15) is 0 Å². The van der Waals surface area contributed by atoms with Crippen molar-refractivity contribution in [2.45, 2.75) is 13.5 Å². The molecule has 0 N–H and O–H groups in total. The fourth-order valence-electron chi connectivity index (χ4n) is 1.68. The van der Waals surface area contributed by atoms with Crippen molar-refractivity contribution >= 4 is 23.6 Å². The first-order valence-electron chi connectivity index (χ1n) is 6.36. The van der Waals surface area contributed by atoms with E-state index in [1.54, 1.807) is 17.6 Å². The average molecular weight is 283 g/mol. The second-order valence-corrected chi connectivity index (χ2v) is 5.03. The van der Waals surface area contributed by atoms with Gasteiger partial charge >= 0.3 is 0 Å². The fraction of sp³-hybridized carbons (Fsp3) is 0.125. The van der Waals surface area contributed by atoms with Crippen molar-refractivity contribution in [1.82, 2.24) is 4.57 Å². The van der Waals surface area contributed by atoms with Crippen LogP contribution in [0.25, 0.3) is 6.08 Å². The predicted molar refractivity (Wildman–Crippen MR) is 86.8 cm³/mol. The Bertz CT molecular complexity index is 675. The fourth-order valence-corrected chi connectivity index (χ4v) is 2.53. The van der Waals surface area contributed by atoms with E-state index < -0.39 is 0 Å². The molecule has 1 aromatic carbocycles. The van der Waals surface area contributed by atoms with Crippen molar-refractivity contribution in [3.8, 4) is 0 Å². The highest BCUT2D eigenvalue weighted by Gasteiger charge is 1.97. The molecule has 0 unspecified atom stereocenters.